The van der Waals surface area contributed by atoms with Crippen molar-refractivity contribution < 1.29 is 9.53 Å². The molecule has 4 rings (SSSR count). The number of hydrogen-bond acceptors (Lipinski definition) is 4. The Bertz CT molecular complexity index is 1120. The van der Waals surface area contributed by atoms with Crippen molar-refractivity contribution in [3.05, 3.63) is 76.5 Å². The summed E-state index contributed by atoms with van der Waals surface area (Å²) in [5.41, 5.74) is 1.85. The smallest absolute Gasteiger partial charge is 0.350 e. The molecule has 1 fully saturated rings. The summed E-state index contributed by atoms with van der Waals surface area (Å²) in [5, 5.41) is 4.52. The van der Waals surface area contributed by atoms with Gasteiger partial charge in [0.2, 0.25) is 0 Å². The van der Waals surface area contributed by atoms with Crippen LogP contribution in [0.2, 0.25) is 0 Å². The lowest BCUT2D eigenvalue weighted by molar-refractivity contribution is -0.134. The molecular formula is C25H30N4O3. The van der Waals surface area contributed by atoms with Crippen molar-refractivity contribution in [2.75, 3.05) is 19.7 Å². The SMILES string of the molecule is CC(C)c1ccc(OCC(=O)N2CCCC(c3nn(C)c(=O)n3-c3ccccc3)C2)cc1. The van der Waals surface area contributed by atoms with Crippen LogP contribution in [0.25, 0.3) is 5.69 Å². The fourth-order valence-corrected chi connectivity index (χ4v) is 4.17. The summed E-state index contributed by atoms with van der Waals surface area (Å²) in [7, 11) is 1.66. The maximum Gasteiger partial charge on any atom is 0.350 e. The monoisotopic (exact) mass is 434 g/mol. The van der Waals surface area contributed by atoms with E-state index in [1.807, 2.05) is 59.5 Å². The molecule has 0 bridgehead atoms. The molecule has 1 saturated heterocycles. The Kier molecular flexibility index (Phi) is 6.44. The molecule has 32 heavy (non-hydrogen) atoms. The Morgan fingerprint density at radius 1 is 1.12 bits per heavy atom. The van der Waals surface area contributed by atoms with Crippen molar-refractivity contribution in [1.82, 2.24) is 19.2 Å². The van der Waals surface area contributed by atoms with E-state index in [4.69, 9.17) is 4.74 Å². The Morgan fingerprint density at radius 2 is 1.84 bits per heavy atom. The molecule has 1 aliphatic rings. The largest absolute Gasteiger partial charge is 0.484 e. The van der Waals surface area contributed by atoms with Gasteiger partial charge in [0.15, 0.2) is 6.61 Å². The molecule has 1 amide bonds. The van der Waals surface area contributed by atoms with Crippen LogP contribution in [0.3, 0.4) is 0 Å². The van der Waals surface area contributed by atoms with Crippen molar-refractivity contribution in [1.29, 1.82) is 0 Å². The van der Waals surface area contributed by atoms with E-state index in [0.717, 1.165) is 18.5 Å². The number of benzene rings is 2. The van der Waals surface area contributed by atoms with E-state index in [-0.39, 0.29) is 24.1 Å². The van der Waals surface area contributed by atoms with Gasteiger partial charge in [-0.25, -0.2) is 14.0 Å². The standard InChI is InChI=1S/C25H30N4O3/c1-18(2)19-11-13-22(14-12-19)32-17-23(30)28-15-7-8-20(16-28)24-26-27(3)25(31)29(24)21-9-5-4-6-10-21/h4-6,9-14,18,20H,7-8,15-17H2,1-3H3. The number of likely N-dealkylation sites (tertiary alicyclic amines) is 1. The van der Waals surface area contributed by atoms with Crippen molar-refractivity contribution in [2.24, 2.45) is 7.05 Å². The van der Waals surface area contributed by atoms with Crippen LogP contribution >= 0.6 is 0 Å². The van der Waals surface area contributed by atoms with E-state index in [9.17, 15) is 9.59 Å². The van der Waals surface area contributed by atoms with E-state index in [2.05, 4.69) is 18.9 Å². The van der Waals surface area contributed by atoms with Gasteiger partial charge in [-0.15, -0.1) is 0 Å². The molecule has 0 saturated carbocycles. The van der Waals surface area contributed by atoms with E-state index < -0.39 is 0 Å². The number of aryl methyl sites for hydroxylation is 1. The summed E-state index contributed by atoms with van der Waals surface area (Å²) in [6, 6.07) is 17.4. The first-order chi connectivity index (χ1) is 15.4. The molecule has 2 aromatic carbocycles. The molecule has 168 valence electrons. The number of amides is 1. The molecule has 0 radical (unpaired) electrons. The summed E-state index contributed by atoms with van der Waals surface area (Å²) in [4.78, 5) is 27.4. The minimum atomic E-state index is -0.178. The van der Waals surface area contributed by atoms with Gasteiger partial charge in [0.05, 0.1) is 5.69 Å². The highest BCUT2D eigenvalue weighted by atomic mass is 16.5. The van der Waals surface area contributed by atoms with Gasteiger partial charge in [0, 0.05) is 26.1 Å². The Labute approximate surface area is 188 Å². The number of rotatable bonds is 6. The minimum absolute atomic E-state index is 0.00144. The first kappa shape index (κ1) is 21.9. The van der Waals surface area contributed by atoms with Crippen LogP contribution < -0.4 is 10.4 Å². The Hall–Kier alpha value is -3.35. The van der Waals surface area contributed by atoms with Crippen LogP contribution in [0, 0.1) is 0 Å². The molecular weight excluding hydrogens is 404 g/mol. The van der Waals surface area contributed by atoms with Gasteiger partial charge < -0.3 is 9.64 Å². The van der Waals surface area contributed by atoms with Crippen molar-refractivity contribution in [3.8, 4) is 11.4 Å². The van der Waals surface area contributed by atoms with Gasteiger partial charge in [-0.05, 0) is 48.6 Å². The predicted octanol–water partition coefficient (Wildman–Crippen LogP) is 3.48. The second-order valence-corrected chi connectivity index (χ2v) is 8.63. The number of aromatic nitrogens is 3. The lowest BCUT2D eigenvalue weighted by Crippen LogP contribution is -2.42. The van der Waals surface area contributed by atoms with Gasteiger partial charge in [-0.1, -0.05) is 44.2 Å². The number of nitrogens with zero attached hydrogens (tertiary/aromatic N) is 4. The second kappa shape index (κ2) is 9.42. The lowest BCUT2D eigenvalue weighted by atomic mass is 9.97. The number of carbonyl (C=O) groups is 1. The van der Waals surface area contributed by atoms with E-state index >= 15 is 0 Å². The second-order valence-electron chi connectivity index (χ2n) is 8.63. The van der Waals surface area contributed by atoms with Crippen LogP contribution in [0.1, 0.15) is 49.9 Å². The molecule has 2 heterocycles. The van der Waals surface area contributed by atoms with Gasteiger partial charge in [0.1, 0.15) is 11.6 Å². The van der Waals surface area contributed by atoms with Gasteiger partial charge in [0.25, 0.3) is 5.91 Å². The topological polar surface area (TPSA) is 69.4 Å². The summed E-state index contributed by atoms with van der Waals surface area (Å²) in [6.07, 6.45) is 1.74. The maximum absolute atomic E-state index is 12.9. The molecule has 3 aromatic rings. The molecule has 0 N–H and O–H groups in total. The normalized spacial score (nSPS) is 16.4. The van der Waals surface area contributed by atoms with Crippen LogP contribution in [0.4, 0.5) is 0 Å². The minimum Gasteiger partial charge on any atom is -0.484 e. The first-order valence-electron chi connectivity index (χ1n) is 11.2. The van der Waals surface area contributed by atoms with Crippen LogP contribution in [0.5, 0.6) is 5.75 Å². The third-order valence-electron chi connectivity index (χ3n) is 6.01. The van der Waals surface area contributed by atoms with Crippen LogP contribution in [-0.4, -0.2) is 44.9 Å². The highest BCUT2D eigenvalue weighted by Gasteiger charge is 2.29. The third-order valence-corrected chi connectivity index (χ3v) is 6.01. The molecule has 1 aliphatic heterocycles. The average molecular weight is 435 g/mol. The van der Waals surface area contributed by atoms with Gasteiger partial charge in [-0.2, -0.15) is 5.10 Å². The molecule has 7 nitrogen and oxygen atoms in total. The average Bonchev–Trinajstić information content (AvgIpc) is 3.12. The molecule has 1 unspecified atom stereocenters. The quantitative estimate of drug-likeness (QED) is 0.596. The van der Waals surface area contributed by atoms with E-state index in [1.54, 1.807) is 11.6 Å². The Morgan fingerprint density at radius 3 is 2.53 bits per heavy atom. The fraction of sp³-hybridized carbons (Fsp3) is 0.400. The van der Waals surface area contributed by atoms with Crippen molar-refractivity contribution in [3.63, 3.8) is 0 Å². The zero-order valence-corrected chi connectivity index (χ0v) is 18.9. The van der Waals surface area contributed by atoms with Crippen LogP contribution in [0.15, 0.2) is 59.4 Å². The van der Waals surface area contributed by atoms with E-state index in [1.165, 1.54) is 10.2 Å². The molecule has 7 heteroatoms. The number of hydrogen-bond donors (Lipinski definition) is 0. The van der Waals surface area contributed by atoms with Crippen molar-refractivity contribution in [2.45, 2.75) is 38.5 Å². The Balaban J connectivity index is 1.45. The zero-order valence-electron chi connectivity index (χ0n) is 18.9. The maximum atomic E-state index is 12.9. The third kappa shape index (κ3) is 4.61. The molecule has 1 atom stereocenters. The zero-order chi connectivity index (χ0) is 22.7. The van der Waals surface area contributed by atoms with E-state index in [0.29, 0.717) is 30.6 Å². The summed E-state index contributed by atoms with van der Waals surface area (Å²) < 4.78 is 8.77. The number of ether oxygens (including phenoxy) is 1. The predicted molar refractivity (Wildman–Crippen MR) is 123 cm³/mol. The van der Waals surface area contributed by atoms with Gasteiger partial charge >= 0.3 is 5.69 Å². The summed E-state index contributed by atoms with van der Waals surface area (Å²) in [6.45, 7) is 5.50. The summed E-state index contributed by atoms with van der Waals surface area (Å²) in [5.74, 6) is 1.79. The molecule has 1 aromatic heterocycles. The van der Waals surface area contributed by atoms with Crippen LogP contribution in [-0.2, 0) is 11.8 Å². The lowest BCUT2D eigenvalue weighted by Gasteiger charge is -2.32. The number of carbonyl (C=O) groups excluding carboxylic acids is 1. The number of para-hydroxylation sites is 1. The first-order valence-corrected chi connectivity index (χ1v) is 11.2. The fourth-order valence-electron chi connectivity index (χ4n) is 4.17. The highest BCUT2D eigenvalue weighted by molar-refractivity contribution is 5.78. The molecule has 0 aliphatic carbocycles. The van der Waals surface area contributed by atoms with Crippen molar-refractivity contribution >= 4 is 5.91 Å². The molecule has 0 spiro atoms. The number of piperidine rings is 1. The van der Waals surface area contributed by atoms with Gasteiger partial charge in [-0.3, -0.25) is 4.79 Å². The summed E-state index contributed by atoms with van der Waals surface area (Å²) >= 11 is 0. The highest BCUT2D eigenvalue weighted by Crippen LogP contribution is 2.27.